The van der Waals surface area contributed by atoms with Gasteiger partial charge in [-0.05, 0) is 31.6 Å². The summed E-state index contributed by atoms with van der Waals surface area (Å²) >= 11 is 0. The quantitative estimate of drug-likeness (QED) is 0.608. The van der Waals surface area contributed by atoms with Crippen LogP contribution in [-0.4, -0.2) is 36.5 Å². The fourth-order valence-electron chi connectivity index (χ4n) is 3.29. The molecule has 0 aromatic rings. The molecule has 0 aromatic carbocycles. The summed E-state index contributed by atoms with van der Waals surface area (Å²) < 4.78 is 5.90. The van der Waals surface area contributed by atoms with Crippen molar-refractivity contribution >= 4 is 0 Å². The molecule has 21 heavy (non-hydrogen) atoms. The molecule has 0 radical (unpaired) electrons. The van der Waals surface area contributed by atoms with E-state index in [1.807, 2.05) is 0 Å². The molecule has 4 unspecified atom stereocenters. The van der Waals surface area contributed by atoms with Gasteiger partial charge in [-0.15, -0.1) is 0 Å². The molecule has 3 heteroatoms. The van der Waals surface area contributed by atoms with Gasteiger partial charge in [0.15, 0.2) is 0 Å². The van der Waals surface area contributed by atoms with E-state index in [4.69, 9.17) is 4.74 Å². The molecular formula is C18H37NO2. The minimum absolute atomic E-state index is 0.370. The molecule has 0 aromatic heterocycles. The third-order valence-corrected chi connectivity index (χ3v) is 4.60. The number of hydrogen-bond acceptors (Lipinski definition) is 3. The van der Waals surface area contributed by atoms with E-state index in [2.05, 4.69) is 26.1 Å². The first-order chi connectivity index (χ1) is 10.2. The van der Waals surface area contributed by atoms with Gasteiger partial charge in [0.1, 0.15) is 0 Å². The Morgan fingerprint density at radius 2 is 2.00 bits per heavy atom. The maximum atomic E-state index is 10.1. The van der Waals surface area contributed by atoms with Gasteiger partial charge in [0.05, 0.1) is 18.8 Å². The predicted molar refractivity (Wildman–Crippen MR) is 89.6 cm³/mol. The molecule has 0 bridgehead atoms. The third kappa shape index (κ3) is 8.80. The Bertz CT molecular complexity index is 247. The monoisotopic (exact) mass is 299 g/mol. The summed E-state index contributed by atoms with van der Waals surface area (Å²) in [7, 11) is 0. The molecule has 0 heterocycles. The molecule has 1 saturated carbocycles. The Balaban J connectivity index is 2.14. The van der Waals surface area contributed by atoms with Crippen LogP contribution in [0.2, 0.25) is 0 Å². The van der Waals surface area contributed by atoms with Gasteiger partial charge in [0.2, 0.25) is 0 Å². The van der Waals surface area contributed by atoms with Crippen molar-refractivity contribution < 1.29 is 9.84 Å². The van der Waals surface area contributed by atoms with E-state index in [1.54, 1.807) is 0 Å². The first-order valence-corrected chi connectivity index (χ1v) is 9.18. The zero-order valence-corrected chi connectivity index (χ0v) is 14.4. The molecule has 1 aliphatic carbocycles. The summed E-state index contributed by atoms with van der Waals surface area (Å²) in [6.45, 7) is 7.91. The average molecular weight is 299 g/mol. The summed E-state index contributed by atoms with van der Waals surface area (Å²) in [5, 5.41) is 13.6. The van der Waals surface area contributed by atoms with E-state index in [0.29, 0.717) is 25.3 Å². The molecule has 0 aliphatic heterocycles. The average Bonchev–Trinajstić information content (AvgIpc) is 2.48. The highest BCUT2D eigenvalue weighted by atomic mass is 16.5. The molecule has 0 spiro atoms. The molecule has 4 atom stereocenters. The molecular weight excluding hydrogens is 262 g/mol. The number of ether oxygens (including phenoxy) is 1. The van der Waals surface area contributed by atoms with E-state index in [9.17, 15) is 5.11 Å². The van der Waals surface area contributed by atoms with Crippen LogP contribution in [0.15, 0.2) is 0 Å². The Kier molecular flexibility index (Phi) is 10.3. The maximum Gasteiger partial charge on any atom is 0.0897 e. The Morgan fingerprint density at radius 1 is 1.19 bits per heavy atom. The maximum absolute atomic E-state index is 10.1. The highest BCUT2D eigenvalue weighted by Gasteiger charge is 2.20. The van der Waals surface area contributed by atoms with Crippen molar-refractivity contribution in [1.29, 1.82) is 0 Å². The van der Waals surface area contributed by atoms with E-state index in [0.717, 1.165) is 12.3 Å². The van der Waals surface area contributed by atoms with Gasteiger partial charge < -0.3 is 15.2 Å². The van der Waals surface area contributed by atoms with Crippen LogP contribution in [0.3, 0.4) is 0 Å². The lowest BCUT2D eigenvalue weighted by molar-refractivity contribution is -0.0312. The third-order valence-electron chi connectivity index (χ3n) is 4.60. The van der Waals surface area contributed by atoms with Crippen molar-refractivity contribution in [3.8, 4) is 0 Å². The molecule has 1 rings (SSSR count). The Hall–Kier alpha value is -0.120. The highest BCUT2D eigenvalue weighted by molar-refractivity contribution is 4.73. The number of aliphatic hydroxyl groups excluding tert-OH is 1. The summed E-state index contributed by atoms with van der Waals surface area (Å²) in [5.41, 5.74) is 0. The first-order valence-electron chi connectivity index (χ1n) is 9.18. The molecule has 126 valence electrons. The minimum Gasteiger partial charge on any atom is -0.389 e. The number of rotatable bonds is 11. The van der Waals surface area contributed by atoms with Crippen molar-refractivity contribution in [2.45, 2.75) is 96.8 Å². The summed E-state index contributed by atoms with van der Waals surface area (Å²) in [4.78, 5) is 0. The fourth-order valence-corrected chi connectivity index (χ4v) is 3.29. The van der Waals surface area contributed by atoms with Gasteiger partial charge in [-0.1, -0.05) is 52.9 Å². The minimum atomic E-state index is -0.372. The Morgan fingerprint density at radius 3 is 2.67 bits per heavy atom. The number of hydrogen-bond donors (Lipinski definition) is 2. The number of aliphatic hydroxyl groups is 1. The summed E-state index contributed by atoms with van der Waals surface area (Å²) in [5.74, 6) is 0.780. The van der Waals surface area contributed by atoms with E-state index >= 15 is 0 Å². The van der Waals surface area contributed by atoms with E-state index in [-0.39, 0.29) is 6.10 Å². The molecule has 0 amide bonds. The zero-order valence-electron chi connectivity index (χ0n) is 14.4. The zero-order chi connectivity index (χ0) is 15.5. The van der Waals surface area contributed by atoms with Crippen LogP contribution >= 0.6 is 0 Å². The lowest BCUT2D eigenvalue weighted by Gasteiger charge is -2.28. The van der Waals surface area contributed by atoms with Gasteiger partial charge in [0.25, 0.3) is 0 Å². The Labute approximate surface area is 131 Å². The molecule has 3 nitrogen and oxygen atoms in total. The van der Waals surface area contributed by atoms with Gasteiger partial charge in [-0.3, -0.25) is 0 Å². The van der Waals surface area contributed by atoms with Crippen LogP contribution in [0.4, 0.5) is 0 Å². The summed E-state index contributed by atoms with van der Waals surface area (Å²) in [6, 6.07) is 0.555. The molecule has 1 fully saturated rings. The van der Waals surface area contributed by atoms with Gasteiger partial charge in [0, 0.05) is 12.6 Å². The lowest BCUT2D eigenvalue weighted by Crippen LogP contribution is -2.38. The van der Waals surface area contributed by atoms with Gasteiger partial charge in [-0.25, -0.2) is 0 Å². The number of unbranched alkanes of at least 4 members (excludes halogenated alkanes) is 1. The smallest absolute Gasteiger partial charge is 0.0897 e. The number of nitrogens with one attached hydrogen (secondary N) is 1. The highest BCUT2D eigenvalue weighted by Crippen LogP contribution is 2.25. The van der Waals surface area contributed by atoms with Crippen molar-refractivity contribution in [3.63, 3.8) is 0 Å². The molecule has 2 N–H and O–H groups in total. The molecule has 1 aliphatic rings. The van der Waals surface area contributed by atoms with Gasteiger partial charge in [-0.2, -0.15) is 0 Å². The van der Waals surface area contributed by atoms with Crippen molar-refractivity contribution in [2.24, 2.45) is 5.92 Å². The second-order valence-electron chi connectivity index (χ2n) is 6.92. The van der Waals surface area contributed by atoms with Crippen LogP contribution in [0.1, 0.15) is 78.6 Å². The van der Waals surface area contributed by atoms with Crippen LogP contribution in [0.25, 0.3) is 0 Å². The SMILES string of the molecule is CCCCC(CCC)NCC(O)COC1CCCC(C)C1. The fraction of sp³-hybridized carbons (Fsp3) is 1.00. The van der Waals surface area contributed by atoms with Crippen LogP contribution < -0.4 is 5.32 Å². The molecule has 0 saturated heterocycles. The van der Waals surface area contributed by atoms with Crippen molar-refractivity contribution in [2.75, 3.05) is 13.2 Å². The standard InChI is InChI=1S/C18H37NO2/c1-4-6-10-16(8-5-2)19-13-17(20)14-21-18-11-7-9-15(3)12-18/h15-20H,4-14H2,1-3H3. The summed E-state index contributed by atoms with van der Waals surface area (Å²) in [6.07, 6.45) is 11.1. The normalized spacial score (nSPS) is 25.7. The van der Waals surface area contributed by atoms with E-state index in [1.165, 1.54) is 51.4 Å². The topological polar surface area (TPSA) is 41.5 Å². The first kappa shape index (κ1) is 18.9. The van der Waals surface area contributed by atoms with Gasteiger partial charge >= 0.3 is 0 Å². The van der Waals surface area contributed by atoms with Crippen LogP contribution in [0, 0.1) is 5.92 Å². The second kappa shape index (κ2) is 11.4. The second-order valence-corrected chi connectivity index (χ2v) is 6.92. The van der Waals surface area contributed by atoms with Crippen molar-refractivity contribution in [1.82, 2.24) is 5.32 Å². The predicted octanol–water partition coefficient (Wildman–Crippen LogP) is 3.89. The lowest BCUT2D eigenvalue weighted by atomic mass is 9.89. The van der Waals surface area contributed by atoms with Crippen molar-refractivity contribution in [3.05, 3.63) is 0 Å². The van der Waals surface area contributed by atoms with Crippen LogP contribution in [0.5, 0.6) is 0 Å². The van der Waals surface area contributed by atoms with Crippen LogP contribution in [-0.2, 0) is 4.74 Å². The largest absolute Gasteiger partial charge is 0.389 e. The van der Waals surface area contributed by atoms with E-state index < -0.39 is 0 Å².